The van der Waals surface area contributed by atoms with E-state index in [1.807, 2.05) is 0 Å². The van der Waals surface area contributed by atoms with Gasteiger partial charge in [-0.3, -0.25) is 0 Å². The van der Waals surface area contributed by atoms with Gasteiger partial charge in [0.15, 0.2) is 0 Å². The molecule has 39 heavy (non-hydrogen) atoms. The summed E-state index contributed by atoms with van der Waals surface area (Å²) in [7, 11) is -1.28. The number of unbranched alkanes of at least 4 members (excludes halogenated alkanes) is 1. The number of aliphatic hydroxyl groups is 1. The summed E-state index contributed by atoms with van der Waals surface area (Å²) in [6.07, 6.45) is 15.2. The molecule has 1 atom stereocenters. The number of ether oxygens (including phenoxy) is 2. The Hall–Kier alpha value is -1.43. The minimum atomic E-state index is -1.28. The average Bonchev–Trinajstić information content (AvgIpc) is 2.96. The Morgan fingerprint density at radius 3 is 2.18 bits per heavy atom. The molecule has 5 heteroatoms. The average molecular weight is 557 g/mol. The topological polar surface area (TPSA) is 55.8 Å². The Labute approximate surface area is 240 Å². The first-order valence-electron chi connectivity index (χ1n) is 15.9. The summed E-state index contributed by atoms with van der Waals surface area (Å²) in [4.78, 5) is 11.6. The van der Waals surface area contributed by atoms with Crippen LogP contribution in [0.5, 0.6) is 0 Å². The zero-order chi connectivity index (χ0) is 28.3. The predicted octanol–water partition coefficient (Wildman–Crippen LogP) is 7.76. The van der Waals surface area contributed by atoms with Crippen LogP contribution in [-0.4, -0.2) is 45.1 Å². The molecule has 1 unspecified atom stereocenters. The maximum Gasteiger partial charge on any atom is 0.333 e. The summed E-state index contributed by atoms with van der Waals surface area (Å²) in [6.45, 7) is 13.6. The molecule has 0 aromatic heterocycles. The van der Waals surface area contributed by atoms with Gasteiger partial charge in [0.05, 0.1) is 20.8 Å². The third kappa shape index (κ3) is 10.2. The van der Waals surface area contributed by atoms with E-state index in [1.165, 1.54) is 70.3 Å². The van der Waals surface area contributed by atoms with Crippen molar-refractivity contribution in [3.05, 3.63) is 42.0 Å². The van der Waals surface area contributed by atoms with Crippen molar-refractivity contribution in [3.63, 3.8) is 0 Å². The largest absolute Gasteiger partial charge is 0.462 e. The van der Waals surface area contributed by atoms with Crippen molar-refractivity contribution < 1.29 is 19.4 Å². The second-order valence-corrected chi connectivity index (χ2v) is 18.0. The van der Waals surface area contributed by atoms with Crippen molar-refractivity contribution in [3.8, 4) is 0 Å². The van der Waals surface area contributed by atoms with E-state index in [2.05, 4.69) is 50.9 Å². The minimum absolute atomic E-state index is 0.0276. The van der Waals surface area contributed by atoms with E-state index >= 15 is 0 Å². The van der Waals surface area contributed by atoms with E-state index in [-0.39, 0.29) is 25.1 Å². The minimum Gasteiger partial charge on any atom is -0.462 e. The summed E-state index contributed by atoms with van der Waals surface area (Å²) in [5.41, 5.74) is 1.97. The number of benzene rings is 1. The highest BCUT2D eigenvalue weighted by Crippen LogP contribution is 2.43. The Bertz CT molecular complexity index is 864. The van der Waals surface area contributed by atoms with Crippen LogP contribution in [0.4, 0.5) is 0 Å². The van der Waals surface area contributed by atoms with Gasteiger partial charge in [-0.1, -0.05) is 74.9 Å². The first-order chi connectivity index (χ1) is 18.7. The second-order valence-electron chi connectivity index (χ2n) is 13.2. The van der Waals surface area contributed by atoms with Gasteiger partial charge in [0.25, 0.3) is 0 Å². The van der Waals surface area contributed by atoms with Crippen molar-refractivity contribution in [2.75, 3.05) is 19.8 Å². The maximum absolute atomic E-state index is 11.6. The number of carbonyl (C=O) groups excluding carboxylic acids is 1. The molecule has 0 radical (unpaired) electrons. The standard InChI is InChI=1S/C34H56O4Si/c1-6-7-23-39(4,5)33-20-16-31(17-21-33)29-12-10-28(11-13-29)30-14-18-32(19-15-30)37-22-8-9-27(24-35)25-38-34(36)26(2)3/h16-17,20-21,27-30,32,35H,2,6-15,18-19,22-25H2,1,3-5H3. The molecule has 220 valence electrons. The first kappa shape index (κ1) is 32.1. The van der Waals surface area contributed by atoms with Crippen molar-refractivity contribution >= 4 is 19.2 Å². The lowest BCUT2D eigenvalue weighted by molar-refractivity contribution is -0.140. The van der Waals surface area contributed by atoms with Crippen LogP contribution in [-0.2, 0) is 14.3 Å². The third-order valence-corrected chi connectivity index (χ3v) is 13.1. The lowest BCUT2D eigenvalue weighted by Crippen LogP contribution is -2.41. The molecule has 1 N–H and O–H groups in total. The van der Waals surface area contributed by atoms with Crippen LogP contribution in [0.15, 0.2) is 36.4 Å². The molecule has 2 aliphatic rings. The molecule has 0 amide bonds. The lowest BCUT2D eigenvalue weighted by Gasteiger charge is -2.38. The highest BCUT2D eigenvalue weighted by atomic mass is 28.3. The number of carbonyl (C=O) groups is 1. The molecule has 0 heterocycles. The smallest absolute Gasteiger partial charge is 0.333 e. The summed E-state index contributed by atoms with van der Waals surface area (Å²) in [6, 6.07) is 11.3. The van der Waals surface area contributed by atoms with Crippen LogP contribution < -0.4 is 5.19 Å². The summed E-state index contributed by atoms with van der Waals surface area (Å²) >= 11 is 0. The zero-order valence-electron chi connectivity index (χ0n) is 25.4. The van der Waals surface area contributed by atoms with Gasteiger partial charge < -0.3 is 14.6 Å². The lowest BCUT2D eigenvalue weighted by atomic mass is 9.69. The van der Waals surface area contributed by atoms with Crippen LogP contribution >= 0.6 is 0 Å². The van der Waals surface area contributed by atoms with Crippen LogP contribution in [0.25, 0.3) is 0 Å². The summed E-state index contributed by atoms with van der Waals surface area (Å²) < 4.78 is 11.4. The fourth-order valence-electron chi connectivity index (χ4n) is 6.79. The predicted molar refractivity (Wildman–Crippen MR) is 165 cm³/mol. The van der Waals surface area contributed by atoms with E-state index in [0.717, 1.165) is 37.2 Å². The highest BCUT2D eigenvalue weighted by Gasteiger charge is 2.32. The zero-order valence-corrected chi connectivity index (χ0v) is 26.4. The van der Waals surface area contributed by atoms with Gasteiger partial charge in [-0.05, 0) is 94.4 Å². The fraction of sp³-hybridized carbons (Fsp3) is 0.735. The summed E-state index contributed by atoms with van der Waals surface area (Å²) in [5, 5.41) is 11.2. The van der Waals surface area contributed by atoms with Gasteiger partial charge in [-0.25, -0.2) is 4.79 Å². The molecular weight excluding hydrogens is 500 g/mol. The van der Waals surface area contributed by atoms with Crippen LogP contribution in [0.1, 0.15) is 102 Å². The molecule has 0 spiro atoms. The van der Waals surface area contributed by atoms with Crippen molar-refractivity contribution in [1.82, 2.24) is 0 Å². The van der Waals surface area contributed by atoms with Gasteiger partial charge in [-0.15, -0.1) is 0 Å². The number of aliphatic hydroxyl groups excluding tert-OH is 1. The molecule has 2 saturated carbocycles. The second kappa shape index (κ2) is 16.1. The molecule has 0 saturated heterocycles. The quantitative estimate of drug-likeness (QED) is 0.104. The third-order valence-electron chi connectivity index (χ3n) is 9.64. The van der Waals surface area contributed by atoms with Gasteiger partial charge in [0.2, 0.25) is 0 Å². The van der Waals surface area contributed by atoms with Crippen molar-refractivity contribution in [2.45, 2.75) is 122 Å². The molecule has 0 bridgehead atoms. The number of rotatable bonds is 15. The molecule has 0 aliphatic heterocycles. The molecular formula is C34H56O4Si. The first-order valence-corrected chi connectivity index (χ1v) is 19.1. The van der Waals surface area contributed by atoms with Crippen LogP contribution in [0, 0.1) is 17.8 Å². The number of hydrogen-bond donors (Lipinski definition) is 1. The molecule has 4 nitrogen and oxygen atoms in total. The maximum atomic E-state index is 11.6. The number of hydrogen-bond acceptors (Lipinski definition) is 4. The van der Waals surface area contributed by atoms with E-state index in [1.54, 1.807) is 17.7 Å². The number of esters is 1. The van der Waals surface area contributed by atoms with E-state index in [9.17, 15) is 9.90 Å². The van der Waals surface area contributed by atoms with Crippen LogP contribution in [0.3, 0.4) is 0 Å². The highest BCUT2D eigenvalue weighted by molar-refractivity contribution is 6.89. The van der Waals surface area contributed by atoms with Crippen LogP contribution in [0.2, 0.25) is 19.1 Å². The molecule has 2 fully saturated rings. The van der Waals surface area contributed by atoms with E-state index in [4.69, 9.17) is 9.47 Å². The van der Waals surface area contributed by atoms with Crippen molar-refractivity contribution in [1.29, 1.82) is 0 Å². The Balaban J connectivity index is 1.32. The monoisotopic (exact) mass is 556 g/mol. The normalized spacial score (nSPS) is 24.7. The Morgan fingerprint density at radius 1 is 1.00 bits per heavy atom. The molecule has 3 rings (SSSR count). The summed E-state index contributed by atoms with van der Waals surface area (Å²) in [5.74, 6) is 2.12. The van der Waals surface area contributed by atoms with Gasteiger partial charge in [0, 0.05) is 24.7 Å². The van der Waals surface area contributed by atoms with E-state index < -0.39 is 8.07 Å². The molecule has 2 aliphatic carbocycles. The van der Waals surface area contributed by atoms with Gasteiger partial charge in [-0.2, -0.15) is 0 Å². The van der Waals surface area contributed by atoms with Gasteiger partial charge in [0.1, 0.15) is 0 Å². The fourth-order valence-corrected chi connectivity index (χ4v) is 9.38. The Kier molecular flexibility index (Phi) is 13.3. The Morgan fingerprint density at radius 2 is 1.62 bits per heavy atom. The van der Waals surface area contributed by atoms with Gasteiger partial charge >= 0.3 is 5.97 Å². The molecule has 1 aromatic carbocycles. The van der Waals surface area contributed by atoms with Crippen molar-refractivity contribution in [2.24, 2.45) is 17.8 Å². The molecule has 1 aromatic rings. The SMILES string of the molecule is C=C(C)C(=O)OCC(CO)CCCOC1CCC(C2CCC(c3ccc([Si](C)(C)CCCC)cc3)CC2)CC1. The van der Waals surface area contributed by atoms with E-state index in [0.29, 0.717) is 11.7 Å².